The third kappa shape index (κ3) is 4.76. The number of fused-ring (bicyclic) bond motifs is 1. The Kier molecular flexibility index (Phi) is 6.55. The van der Waals surface area contributed by atoms with Crippen molar-refractivity contribution < 1.29 is 31.6 Å². The quantitative estimate of drug-likeness (QED) is 0.568. The van der Waals surface area contributed by atoms with E-state index in [1.807, 2.05) is 6.92 Å². The minimum absolute atomic E-state index is 0.198. The predicted molar refractivity (Wildman–Crippen MR) is 80.4 cm³/mol. The summed E-state index contributed by atoms with van der Waals surface area (Å²) in [5, 5.41) is 2.65. The van der Waals surface area contributed by atoms with Crippen molar-refractivity contribution in [3.63, 3.8) is 0 Å². The third-order valence-corrected chi connectivity index (χ3v) is 4.24. The van der Waals surface area contributed by atoms with Crippen molar-refractivity contribution >= 4 is 23.4 Å². The lowest BCUT2D eigenvalue weighted by Gasteiger charge is -2.29. The minimum Gasteiger partial charge on any atom is -0.463 e. The highest BCUT2D eigenvalue weighted by Crippen LogP contribution is 2.30. The molecule has 8 nitrogen and oxygen atoms in total. The first-order chi connectivity index (χ1) is 11.0. The van der Waals surface area contributed by atoms with E-state index in [9.17, 15) is 13.8 Å². The number of esters is 1. The Balaban J connectivity index is 2.03. The minimum atomic E-state index is -1.91. The molecule has 4 atom stereocenters. The van der Waals surface area contributed by atoms with E-state index < -0.39 is 41.7 Å². The van der Waals surface area contributed by atoms with Crippen molar-refractivity contribution in [3.8, 4) is 0 Å². The van der Waals surface area contributed by atoms with Crippen LogP contribution >= 0.6 is 0 Å². The van der Waals surface area contributed by atoms with Crippen LogP contribution in [0.5, 0.6) is 0 Å². The Labute approximate surface area is 137 Å². The van der Waals surface area contributed by atoms with Gasteiger partial charge in [-0.1, -0.05) is 13.3 Å². The van der Waals surface area contributed by atoms with Crippen molar-refractivity contribution in [1.82, 2.24) is 5.32 Å². The first kappa shape index (κ1) is 17.9. The van der Waals surface area contributed by atoms with E-state index in [4.69, 9.17) is 17.8 Å². The standard InChI is InChI=1S/C14H21NO7S/c1-3-5-6-20-14(17)15-10-7-9(13(16)19-4-2)8-11-12(10)22-23(18)21-11/h8,10-12H,3-7H2,1-2H3,(H,15,17). The maximum atomic E-state index is 11.9. The summed E-state index contributed by atoms with van der Waals surface area (Å²) in [5.41, 5.74) is 0.356. The van der Waals surface area contributed by atoms with Gasteiger partial charge in [0.15, 0.2) is 0 Å². The molecule has 130 valence electrons. The number of hydrogen-bond donors (Lipinski definition) is 1. The van der Waals surface area contributed by atoms with Gasteiger partial charge in [-0.05, 0) is 19.4 Å². The average molecular weight is 347 g/mol. The van der Waals surface area contributed by atoms with Gasteiger partial charge in [0.25, 0.3) is 0 Å². The molecule has 0 aromatic heterocycles. The smallest absolute Gasteiger partial charge is 0.407 e. The summed E-state index contributed by atoms with van der Waals surface area (Å²) in [6.07, 6.45) is 1.50. The molecule has 0 saturated carbocycles. The molecule has 1 saturated heterocycles. The highest BCUT2D eigenvalue weighted by atomic mass is 32.2. The number of alkyl carbamates (subject to hydrolysis) is 1. The molecule has 0 aromatic rings. The molecule has 4 unspecified atom stereocenters. The number of hydrogen-bond acceptors (Lipinski definition) is 7. The summed E-state index contributed by atoms with van der Waals surface area (Å²) in [5.74, 6) is -0.488. The highest BCUT2D eigenvalue weighted by Gasteiger charge is 2.45. The van der Waals surface area contributed by atoms with Gasteiger partial charge in [-0.3, -0.25) is 8.37 Å². The Morgan fingerprint density at radius 3 is 2.83 bits per heavy atom. The fourth-order valence-corrected chi connectivity index (χ4v) is 3.18. The number of carbonyl (C=O) groups is 2. The molecule has 9 heteroatoms. The summed E-state index contributed by atoms with van der Waals surface area (Å²) in [6.45, 7) is 4.25. The monoisotopic (exact) mass is 347 g/mol. The van der Waals surface area contributed by atoms with Gasteiger partial charge in [0.1, 0.15) is 12.2 Å². The normalized spacial score (nSPS) is 29.4. The van der Waals surface area contributed by atoms with Gasteiger partial charge in [0.05, 0.1) is 19.3 Å². The van der Waals surface area contributed by atoms with E-state index in [0.717, 1.165) is 12.8 Å². The van der Waals surface area contributed by atoms with E-state index in [2.05, 4.69) is 5.32 Å². The van der Waals surface area contributed by atoms with E-state index in [-0.39, 0.29) is 13.0 Å². The van der Waals surface area contributed by atoms with Gasteiger partial charge < -0.3 is 14.8 Å². The van der Waals surface area contributed by atoms with Crippen molar-refractivity contribution in [1.29, 1.82) is 0 Å². The number of unbranched alkanes of at least 4 members (excludes halogenated alkanes) is 1. The average Bonchev–Trinajstić information content (AvgIpc) is 2.88. The zero-order chi connectivity index (χ0) is 16.8. The van der Waals surface area contributed by atoms with Crippen LogP contribution in [-0.4, -0.2) is 47.7 Å². The molecule has 1 fully saturated rings. The topological polar surface area (TPSA) is 100 Å². The molecule has 0 radical (unpaired) electrons. The van der Waals surface area contributed by atoms with Crippen LogP contribution in [0.4, 0.5) is 4.79 Å². The Morgan fingerprint density at radius 1 is 1.35 bits per heavy atom. The third-order valence-electron chi connectivity index (χ3n) is 3.48. The molecular formula is C14H21NO7S. The largest absolute Gasteiger partial charge is 0.463 e. The van der Waals surface area contributed by atoms with Crippen molar-refractivity contribution in [2.75, 3.05) is 13.2 Å². The lowest BCUT2D eigenvalue weighted by molar-refractivity contribution is -0.139. The SMILES string of the molecule is CCCCOC(=O)NC1CC(C(=O)OCC)=CC2OS(=O)OC12. The Hall–Kier alpha value is -1.45. The summed E-state index contributed by atoms with van der Waals surface area (Å²) in [6, 6.07) is -0.579. The molecule has 0 spiro atoms. The van der Waals surface area contributed by atoms with E-state index in [0.29, 0.717) is 12.2 Å². The van der Waals surface area contributed by atoms with Gasteiger partial charge in [0.2, 0.25) is 0 Å². The van der Waals surface area contributed by atoms with Gasteiger partial charge >= 0.3 is 23.4 Å². The molecule has 1 amide bonds. The second-order valence-electron chi connectivity index (χ2n) is 5.18. The lowest BCUT2D eigenvalue weighted by Crippen LogP contribution is -2.50. The number of amides is 1. The second-order valence-corrected chi connectivity index (χ2v) is 5.98. The Morgan fingerprint density at radius 2 is 2.13 bits per heavy atom. The second kappa shape index (κ2) is 8.42. The van der Waals surface area contributed by atoms with Crippen LogP contribution < -0.4 is 5.32 Å². The van der Waals surface area contributed by atoms with Crippen LogP contribution in [0.1, 0.15) is 33.1 Å². The molecule has 2 aliphatic rings. The first-order valence-corrected chi connectivity index (χ1v) is 8.62. The van der Waals surface area contributed by atoms with Gasteiger partial charge in [-0.15, -0.1) is 0 Å². The van der Waals surface area contributed by atoms with Crippen molar-refractivity contribution in [3.05, 3.63) is 11.6 Å². The number of carbonyl (C=O) groups excluding carboxylic acids is 2. The molecule has 2 rings (SSSR count). The fourth-order valence-electron chi connectivity index (χ4n) is 2.36. The molecule has 1 aliphatic heterocycles. The van der Waals surface area contributed by atoms with Crippen LogP contribution in [-0.2, 0) is 34.0 Å². The van der Waals surface area contributed by atoms with Crippen LogP contribution in [0, 0.1) is 0 Å². The summed E-state index contributed by atoms with van der Waals surface area (Å²) in [4.78, 5) is 23.7. The summed E-state index contributed by atoms with van der Waals surface area (Å²) in [7, 11) is 0. The predicted octanol–water partition coefficient (Wildman–Crippen LogP) is 1.14. The van der Waals surface area contributed by atoms with Crippen LogP contribution in [0.2, 0.25) is 0 Å². The maximum Gasteiger partial charge on any atom is 0.407 e. The molecule has 0 bridgehead atoms. The zero-order valence-corrected chi connectivity index (χ0v) is 13.9. The Bertz CT molecular complexity index is 507. The number of ether oxygens (including phenoxy) is 2. The molecule has 23 heavy (non-hydrogen) atoms. The molecule has 1 aliphatic carbocycles. The summed E-state index contributed by atoms with van der Waals surface area (Å²) < 4.78 is 31.7. The lowest BCUT2D eigenvalue weighted by atomic mass is 9.90. The van der Waals surface area contributed by atoms with E-state index in [1.165, 1.54) is 6.08 Å². The molecule has 1 heterocycles. The van der Waals surface area contributed by atoms with Crippen LogP contribution in [0.15, 0.2) is 11.6 Å². The number of rotatable bonds is 6. The van der Waals surface area contributed by atoms with Gasteiger partial charge in [0, 0.05) is 12.0 Å². The number of nitrogens with one attached hydrogen (secondary N) is 1. The van der Waals surface area contributed by atoms with Crippen LogP contribution in [0.3, 0.4) is 0 Å². The van der Waals surface area contributed by atoms with Crippen LogP contribution in [0.25, 0.3) is 0 Å². The zero-order valence-electron chi connectivity index (χ0n) is 13.1. The molecular weight excluding hydrogens is 326 g/mol. The first-order valence-electron chi connectivity index (χ1n) is 7.62. The molecule has 0 aromatic carbocycles. The summed E-state index contributed by atoms with van der Waals surface area (Å²) >= 11 is -1.91. The maximum absolute atomic E-state index is 11.9. The highest BCUT2D eigenvalue weighted by molar-refractivity contribution is 7.75. The van der Waals surface area contributed by atoms with Gasteiger partial charge in [-0.25, -0.2) is 9.59 Å². The van der Waals surface area contributed by atoms with E-state index in [1.54, 1.807) is 6.92 Å². The van der Waals surface area contributed by atoms with E-state index >= 15 is 0 Å². The van der Waals surface area contributed by atoms with Crippen molar-refractivity contribution in [2.24, 2.45) is 0 Å². The van der Waals surface area contributed by atoms with Crippen molar-refractivity contribution in [2.45, 2.75) is 51.4 Å². The fraction of sp³-hybridized carbons (Fsp3) is 0.714. The van der Waals surface area contributed by atoms with Gasteiger partial charge in [-0.2, -0.15) is 4.21 Å². The molecule has 1 N–H and O–H groups in total.